The maximum absolute atomic E-state index is 11.9. The van der Waals surface area contributed by atoms with Gasteiger partial charge in [-0.3, -0.25) is 4.79 Å². The van der Waals surface area contributed by atoms with E-state index in [1.807, 2.05) is 18.2 Å². The van der Waals surface area contributed by atoms with E-state index in [0.29, 0.717) is 24.3 Å². The molecule has 21 heavy (non-hydrogen) atoms. The Hall–Kier alpha value is -2.27. The smallest absolute Gasteiger partial charge is 0.260 e. The second kappa shape index (κ2) is 7.50. The summed E-state index contributed by atoms with van der Waals surface area (Å²) in [6, 6.07) is 10.9. The van der Waals surface area contributed by atoms with Gasteiger partial charge in [-0.15, -0.1) is 0 Å². The number of nitrogens with one attached hydrogen (secondary N) is 1. The van der Waals surface area contributed by atoms with Crippen LogP contribution in [0.25, 0.3) is 0 Å². The maximum Gasteiger partial charge on any atom is 0.260 e. The summed E-state index contributed by atoms with van der Waals surface area (Å²) in [6.07, 6.45) is 2.19. The highest BCUT2D eigenvalue weighted by Gasteiger charge is 2.15. The molecule has 0 aliphatic rings. The fourth-order valence-electron chi connectivity index (χ4n) is 1.86. The molecule has 2 aromatic rings. The van der Waals surface area contributed by atoms with Crippen LogP contribution in [0.3, 0.4) is 0 Å². The van der Waals surface area contributed by atoms with Gasteiger partial charge in [0, 0.05) is 12.1 Å². The molecule has 0 saturated carbocycles. The number of rotatable bonds is 7. The minimum atomic E-state index is -0.644. The van der Waals surface area contributed by atoms with Gasteiger partial charge in [-0.2, -0.15) is 0 Å². The van der Waals surface area contributed by atoms with Crippen LogP contribution in [0.2, 0.25) is 0 Å². The first kappa shape index (κ1) is 15.1. The zero-order chi connectivity index (χ0) is 15.1. The second-order valence-corrected chi connectivity index (χ2v) is 4.73. The van der Waals surface area contributed by atoms with Crippen molar-refractivity contribution in [2.24, 2.45) is 0 Å². The fourth-order valence-corrected chi connectivity index (χ4v) is 1.86. The van der Waals surface area contributed by atoms with Crippen molar-refractivity contribution in [3.8, 4) is 5.75 Å². The summed E-state index contributed by atoms with van der Waals surface area (Å²) in [5.41, 5.74) is 0.706. The zero-order valence-electron chi connectivity index (χ0n) is 11.9. The lowest BCUT2D eigenvalue weighted by molar-refractivity contribution is -0.127. The Morgan fingerprint density at radius 1 is 1.33 bits per heavy atom. The van der Waals surface area contributed by atoms with E-state index in [1.54, 1.807) is 25.1 Å². The molecule has 5 nitrogen and oxygen atoms in total. The molecule has 1 aromatic carbocycles. The van der Waals surface area contributed by atoms with Crippen LogP contribution in [-0.2, 0) is 4.79 Å². The summed E-state index contributed by atoms with van der Waals surface area (Å²) in [6.45, 7) is 2.06. The van der Waals surface area contributed by atoms with Gasteiger partial charge in [-0.05, 0) is 31.5 Å². The van der Waals surface area contributed by atoms with Crippen LogP contribution in [-0.4, -0.2) is 23.7 Å². The average Bonchev–Trinajstić information content (AvgIpc) is 3.02. The molecule has 0 aliphatic carbocycles. The predicted molar refractivity (Wildman–Crippen MR) is 77.8 cm³/mol. The number of ether oxygens (including phenoxy) is 1. The monoisotopic (exact) mass is 289 g/mol. The van der Waals surface area contributed by atoms with Gasteiger partial charge in [0.25, 0.3) is 5.91 Å². The van der Waals surface area contributed by atoms with Crippen molar-refractivity contribution in [1.29, 1.82) is 0 Å². The minimum Gasteiger partial charge on any atom is -0.481 e. The molecule has 0 aliphatic heterocycles. The third kappa shape index (κ3) is 4.65. The van der Waals surface area contributed by atoms with Crippen molar-refractivity contribution in [2.45, 2.75) is 25.6 Å². The van der Waals surface area contributed by atoms with Crippen LogP contribution >= 0.6 is 0 Å². The quantitative estimate of drug-likeness (QED) is 0.820. The van der Waals surface area contributed by atoms with Gasteiger partial charge in [0.15, 0.2) is 6.10 Å². The summed E-state index contributed by atoms with van der Waals surface area (Å²) in [5, 5.41) is 12.6. The van der Waals surface area contributed by atoms with E-state index < -0.39 is 12.2 Å². The topological polar surface area (TPSA) is 71.7 Å². The molecule has 112 valence electrons. The lowest BCUT2D eigenvalue weighted by atomic mass is 10.1. The Kier molecular flexibility index (Phi) is 5.40. The summed E-state index contributed by atoms with van der Waals surface area (Å²) in [7, 11) is 0. The molecule has 0 spiro atoms. The van der Waals surface area contributed by atoms with Gasteiger partial charge < -0.3 is 19.6 Å². The average molecular weight is 289 g/mol. The number of carbonyl (C=O) groups is 1. The van der Waals surface area contributed by atoms with Crippen molar-refractivity contribution in [1.82, 2.24) is 5.32 Å². The van der Waals surface area contributed by atoms with Gasteiger partial charge in [-0.25, -0.2) is 0 Å². The third-order valence-electron chi connectivity index (χ3n) is 3.07. The molecule has 0 fully saturated rings. The third-order valence-corrected chi connectivity index (χ3v) is 3.07. The number of hydrogen-bond acceptors (Lipinski definition) is 4. The molecular formula is C16H19NO4. The Morgan fingerprint density at radius 3 is 2.76 bits per heavy atom. The van der Waals surface area contributed by atoms with E-state index in [1.165, 1.54) is 12.5 Å². The van der Waals surface area contributed by atoms with E-state index >= 15 is 0 Å². The fraction of sp³-hybridized carbons (Fsp3) is 0.312. The van der Waals surface area contributed by atoms with Crippen molar-refractivity contribution < 1.29 is 19.1 Å². The number of benzene rings is 1. The highest BCUT2D eigenvalue weighted by Crippen LogP contribution is 2.16. The first-order chi connectivity index (χ1) is 10.2. The highest BCUT2D eigenvalue weighted by molar-refractivity contribution is 5.80. The van der Waals surface area contributed by atoms with Crippen LogP contribution < -0.4 is 10.1 Å². The molecule has 0 saturated heterocycles. The molecular weight excluding hydrogens is 270 g/mol. The molecule has 0 radical (unpaired) electrons. The van der Waals surface area contributed by atoms with Gasteiger partial charge in [0.2, 0.25) is 0 Å². The number of para-hydroxylation sites is 1. The SMILES string of the molecule is C[C@@H](Oc1ccccc1)C(=O)NCC[C@H](O)c1ccoc1. The van der Waals surface area contributed by atoms with Crippen LogP contribution in [0, 0.1) is 0 Å². The van der Waals surface area contributed by atoms with Gasteiger partial charge in [0.1, 0.15) is 5.75 Å². The number of amides is 1. The first-order valence-electron chi connectivity index (χ1n) is 6.86. The number of furan rings is 1. The molecule has 0 unspecified atom stereocenters. The standard InChI is InChI=1S/C16H19NO4/c1-12(21-14-5-3-2-4-6-14)16(19)17-9-7-15(18)13-8-10-20-11-13/h2-6,8,10-12,15,18H,7,9H2,1H3,(H,17,19)/t12-,15+/m1/s1. The Morgan fingerprint density at radius 2 is 2.10 bits per heavy atom. The highest BCUT2D eigenvalue weighted by atomic mass is 16.5. The lowest BCUT2D eigenvalue weighted by Gasteiger charge is -2.15. The van der Waals surface area contributed by atoms with E-state index in [2.05, 4.69) is 5.32 Å². The van der Waals surface area contributed by atoms with Crippen molar-refractivity contribution in [2.75, 3.05) is 6.54 Å². The van der Waals surface area contributed by atoms with E-state index in [-0.39, 0.29) is 5.91 Å². The lowest BCUT2D eigenvalue weighted by Crippen LogP contribution is -2.37. The zero-order valence-corrected chi connectivity index (χ0v) is 11.9. The number of aliphatic hydroxyl groups excluding tert-OH is 1. The molecule has 1 heterocycles. The van der Waals surface area contributed by atoms with Crippen LogP contribution in [0.5, 0.6) is 5.75 Å². The molecule has 2 atom stereocenters. The van der Waals surface area contributed by atoms with Crippen molar-refractivity contribution >= 4 is 5.91 Å². The molecule has 1 aromatic heterocycles. The van der Waals surface area contributed by atoms with Gasteiger partial charge in [0.05, 0.1) is 18.6 Å². The summed E-state index contributed by atoms with van der Waals surface area (Å²) in [5.74, 6) is 0.442. The van der Waals surface area contributed by atoms with E-state index in [9.17, 15) is 9.90 Å². The first-order valence-corrected chi connectivity index (χ1v) is 6.86. The molecule has 0 bridgehead atoms. The summed E-state index contributed by atoms with van der Waals surface area (Å²) in [4.78, 5) is 11.9. The van der Waals surface area contributed by atoms with Crippen LogP contribution in [0.15, 0.2) is 53.3 Å². The Labute approximate surface area is 123 Å². The molecule has 2 rings (SSSR count). The van der Waals surface area contributed by atoms with E-state index in [4.69, 9.17) is 9.15 Å². The van der Waals surface area contributed by atoms with Gasteiger partial charge >= 0.3 is 0 Å². The Balaban J connectivity index is 1.71. The molecule has 1 amide bonds. The van der Waals surface area contributed by atoms with Gasteiger partial charge in [-0.1, -0.05) is 18.2 Å². The van der Waals surface area contributed by atoms with Crippen molar-refractivity contribution in [3.05, 3.63) is 54.5 Å². The summed E-state index contributed by atoms with van der Waals surface area (Å²) >= 11 is 0. The Bertz CT molecular complexity index is 539. The van der Waals surface area contributed by atoms with Crippen molar-refractivity contribution in [3.63, 3.8) is 0 Å². The molecule has 5 heteroatoms. The maximum atomic E-state index is 11.9. The largest absolute Gasteiger partial charge is 0.481 e. The normalized spacial score (nSPS) is 13.4. The number of carbonyl (C=O) groups excluding carboxylic acids is 1. The van der Waals surface area contributed by atoms with E-state index in [0.717, 1.165) is 0 Å². The summed E-state index contributed by atoms with van der Waals surface area (Å²) < 4.78 is 10.4. The molecule has 2 N–H and O–H groups in total. The second-order valence-electron chi connectivity index (χ2n) is 4.73. The predicted octanol–water partition coefficient (Wildman–Crippen LogP) is 2.29. The number of aliphatic hydroxyl groups is 1. The van der Waals surface area contributed by atoms with Crippen LogP contribution in [0.1, 0.15) is 25.0 Å². The van der Waals surface area contributed by atoms with Crippen LogP contribution in [0.4, 0.5) is 0 Å². The number of hydrogen-bond donors (Lipinski definition) is 2. The minimum absolute atomic E-state index is 0.210.